The van der Waals surface area contributed by atoms with Gasteiger partial charge in [-0.2, -0.15) is 5.10 Å². The molecule has 0 aliphatic rings. The highest BCUT2D eigenvalue weighted by Gasteiger charge is 2.19. The molecule has 0 aliphatic heterocycles. The number of methoxy groups -OCH3 is 2. The van der Waals surface area contributed by atoms with Crippen LogP contribution in [0.5, 0.6) is 23.0 Å². The molecule has 0 spiro atoms. The number of phenols is 1. The van der Waals surface area contributed by atoms with Crippen LogP contribution in [0.1, 0.15) is 12.5 Å². The van der Waals surface area contributed by atoms with E-state index in [4.69, 9.17) is 14.2 Å². The molecule has 1 unspecified atom stereocenters. The molecular formula is C18H19N3O7. The fraction of sp³-hybridized carbons (Fsp3) is 0.222. The number of aromatic hydroxyl groups is 1. The molecule has 0 fully saturated rings. The summed E-state index contributed by atoms with van der Waals surface area (Å²) in [6.45, 7) is 1.55. The van der Waals surface area contributed by atoms with E-state index in [0.29, 0.717) is 11.5 Å². The molecule has 2 rings (SSSR count). The summed E-state index contributed by atoms with van der Waals surface area (Å²) in [6.07, 6.45) is 0.349. The number of benzene rings is 2. The molecule has 0 aromatic heterocycles. The van der Waals surface area contributed by atoms with Crippen molar-refractivity contribution in [2.75, 3.05) is 14.2 Å². The minimum atomic E-state index is -0.839. The summed E-state index contributed by atoms with van der Waals surface area (Å²) in [6, 6.07) is 9.16. The number of nitrogens with zero attached hydrogens (tertiary/aromatic N) is 2. The molecule has 1 amide bonds. The number of carbonyl (C=O) groups excluding carboxylic acids is 1. The number of hydrazone groups is 1. The van der Waals surface area contributed by atoms with Crippen molar-refractivity contribution < 1.29 is 29.0 Å². The third kappa shape index (κ3) is 5.10. The summed E-state index contributed by atoms with van der Waals surface area (Å²) in [5.74, 6) is -0.0560. The van der Waals surface area contributed by atoms with Gasteiger partial charge in [-0.05, 0) is 37.3 Å². The number of hydrogen-bond donors (Lipinski definition) is 2. The summed E-state index contributed by atoms with van der Waals surface area (Å²) in [4.78, 5) is 22.3. The standard InChI is InChI=1S/C18H19N3O7/c1-11(28-14-6-4-13(26-2)5-7-14)18(23)20-19-10-12-8-15(21(24)25)17(22)16(9-12)27-3/h4-11,22H,1-3H3,(H,20,23)/b19-10+. The highest BCUT2D eigenvalue weighted by atomic mass is 16.6. The number of hydrogen-bond acceptors (Lipinski definition) is 8. The third-order valence-corrected chi connectivity index (χ3v) is 3.62. The molecule has 2 aromatic rings. The van der Waals surface area contributed by atoms with Crippen molar-refractivity contribution in [2.24, 2.45) is 5.10 Å². The highest BCUT2D eigenvalue weighted by molar-refractivity contribution is 5.86. The number of rotatable bonds is 8. The minimum Gasteiger partial charge on any atom is -0.500 e. The Morgan fingerprint density at radius 1 is 1.21 bits per heavy atom. The van der Waals surface area contributed by atoms with Crippen LogP contribution in [0.4, 0.5) is 5.69 Å². The smallest absolute Gasteiger partial charge is 0.315 e. The van der Waals surface area contributed by atoms with Gasteiger partial charge in [-0.1, -0.05) is 0 Å². The van der Waals surface area contributed by atoms with Crippen molar-refractivity contribution in [3.8, 4) is 23.0 Å². The number of carbonyl (C=O) groups is 1. The van der Waals surface area contributed by atoms with Gasteiger partial charge in [0, 0.05) is 11.6 Å². The fourth-order valence-electron chi connectivity index (χ4n) is 2.16. The van der Waals surface area contributed by atoms with Crippen LogP contribution < -0.4 is 19.6 Å². The second kappa shape index (κ2) is 9.21. The monoisotopic (exact) mass is 389 g/mol. The second-order valence-corrected chi connectivity index (χ2v) is 5.52. The van der Waals surface area contributed by atoms with E-state index in [0.717, 1.165) is 6.07 Å². The zero-order valence-electron chi connectivity index (χ0n) is 15.4. The van der Waals surface area contributed by atoms with E-state index in [1.54, 1.807) is 38.3 Å². The Balaban J connectivity index is 2.02. The van der Waals surface area contributed by atoms with Crippen molar-refractivity contribution >= 4 is 17.8 Å². The van der Waals surface area contributed by atoms with Crippen molar-refractivity contribution in [3.63, 3.8) is 0 Å². The molecule has 0 radical (unpaired) electrons. The maximum Gasteiger partial charge on any atom is 0.315 e. The van der Waals surface area contributed by atoms with E-state index >= 15 is 0 Å². The van der Waals surface area contributed by atoms with Crippen LogP contribution in [-0.2, 0) is 4.79 Å². The molecule has 148 valence electrons. The first-order chi connectivity index (χ1) is 13.3. The third-order valence-electron chi connectivity index (χ3n) is 3.62. The molecule has 10 heteroatoms. The lowest BCUT2D eigenvalue weighted by atomic mass is 10.2. The first kappa shape index (κ1) is 20.5. The maximum atomic E-state index is 12.1. The fourth-order valence-corrected chi connectivity index (χ4v) is 2.16. The molecule has 0 heterocycles. The van der Waals surface area contributed by atoms with Crippen molar-refractivity contribution in [2.45, 2.75) is 13.0 Å². The molecule has 2 N–H and O–H groups in total. The number of nitrogens with one attached hydrogen (secondary N) is 1. The quantitative estimate of drug-likeness (QED) is 0.402. The van der Waals surface area contributed by atoms with Gasteiger partial charge in [0.1, 0.15) is 11.5 Å². The van der Waals surface area contributed by atoms with Crippen LogP contribution in [0.3, 0.4) is 0 Å². The average molecular weight is 389 g/mol. The molecule has 28 heavy (non-hydrogen) atoms. The summed E-state index contributed by atoms with van der Waals surface area (Å²) in [5, 5.41) is 24.5. The van der Waals surface area contributed by atoms with Gasteiger partial charge in [0.15, 0.2) is 11.9 Å². The molecule has 0 aliphatic carbocycles. The van der Waals surface area contributed by atoms with Crippen molar-refractivity contribution in [1.82, 2.24) is 5.43 Å². The second-order valence-electron chi connectivity index (χ2n) is 5.52. The molecular weight excluding hydrogens is 370 g/mol. The van der Waals surface area contributed by atoms with Crippen LogP contribution in [0.25, 0.3) is 0 Å². The van der Waals surface area contributed by atoms with E-state index in [1.165, 1.54) is 19.4 Å². The lowest BCUT2D eigenvalue weighted by Gasteiger charge is -2.13. The zero-order chi connectivity index (χ0) is 20.7. The van der Waals surface area contributed by atoms with Gasteiger partial charge >= 0.3 is 5.69 Å². The predicted octanol–water partition coefficient (Wildman–Crippen LogP) is 2.24. The Kier molecular flexibility index (Phi) is 6.74. The van der Waals surface area contributed by atoms with Crippen molar-refractivity contribution in [3.05, 3.63) is 52.1 Å². The van der Waals surface area contributed by atoms with E-state index < -0.39 is 28.4 Å². The van der Waals surface area contributed by atoms with Gasteiger partial charge in [-0.3, -0.25) is 14.9 Å². The Hall–Kier alpha value is -3.82. The Bertz CT molecular complexity index is 881. The first-order valence-corrected chi connectivity index (χ1v) is 8.04. The van der Waals surface area contributed by atoms with Gasteiger partial charge < -0.3 is 19.3 Å². The van der Waals surface area contributed by atoms with Gasteiger partial charge in [0.25, 0.3) is 5.91 Å². The van der Waals surface area contributed by atoms with Crippen LogP contribution in [0.15, 0.2) is 41.5 Å². The minimum absolute atomic E-state index is 0.0850. The normalized spacial score (nSPS) is 11.7. The van der Waals surface area contributed by atoms with Gasteiger partial charge in [-0.25, -0.2) is 5.43 Å². The number of nitro groups is 1. The van der Waals surface area contributed by atoms with Crippen LogP contribution >= 0.6 is 0 Å². The summed E-state index contributed by atoms with van der Waals surface area (Å²) in [5.41, 5.74) is 2.00. The van der Waals surface area contributed by atoms with Gasteiger partial charge in [-0.15, -0.1) is 0 Å². The van der Waals surface area contributed by atoms with Crippen LogP contribution in [0.2, 0.25) is 0 Å². The van der Waals surface area contributed by atoms with E-state index in [9.17, 15) is 20.0 Å². The number of nitro benzene ring substituents is 1. The molecule has 1 atom stereocenters. The molecule has 10 nitrogen and oxygen atoms in total. The predicted molar refractivity (Wildman–Crippen MR) is 100 cm³/mol. The van der Waals surface area contributed by atoms with E-state index in [1.807, 2.05) is 0 Å². The van der Waals surface area contributed by atoms with Gasteiger partial charge in [0.2, 0.25) is 5.75 Å². The largest absolute Gasteiger partial charge is 0.500 e. The molecule has 0 bridgehead atoms. The van der Waals surface area contributed by atoms with E-state index in [-0.39, 0.29) is 11.3 Å². The van der Waals surface area contributed by atoms with Crippen LogP contribution in [0, 0.1) is 10.1 Å². The Morgan fingerprint density at radius 3 is 2.43 bits per heavy atom. The number of phenolic OH excluding ortho intramolecular Hbond substituents is 1. The molecule has 0 saturated heterocycles. The highest BCUT2D eigenvalue weighted by Crippen LogP contribution is 2.36. The first-order valence-electron chi connectivity index (χ1n) is 8.04. The summed E-state index contributed by atoms with van der Waals surface area (Å²) in [7, 11) is 2.81. The zero-order valence-corrected chi connectivity index (χ0v) is 15.4. The van der Waals surface area contributed by atoms with Crippen molar-refractivity contribution in [1.29, 1.82) is 0 Å². The Morgan fingerprint density at radius 2 is 1.86 bits per heavy atom. The topological polar surface area (TPSA) is 133 Å². The summed E-state index contributed by atoms with van der Waals surface area (Å²) < 4.78 is 15.4. The molecule has 2 aromatic carbocycles. The lowest BCUT2D eigenvalue weighted by Crippen LogP contribution is -2.33. The Labute approximate surface area is 160 Å². The van der Waals surface area contributed by atoms with Crippen LogP contribution in [-0.4, -0.2) is 42.5 Å². The number of amides is 1. The molecule has 0 saturated carbocycles. The van der Waals surface area contributed by atoms with Gasteiger partial charge in [0.05, 0.1) is 25.4 Å². The van der Waals surface area contributed by atoms with E-state index in [2.05, 4.69) is 10.5 Å². The number of ether oxygens (including phenoxy) is 3. The SMILES string of the molecule is COc1ccc(OC(C)C(=O)N/N=C/c2cc(OC)c(O)c([N+](=O)[O-])c2)cc1. The lowest BCUT2D eigenvalue weighted by molar-refractivity contribution is -0.386. The summed E-state index contributed by atoms with van der Waals surface area (Å²) >= 11 is 0. The maximum absolute atomic E-state index is 12.1. The average Bonchev–Trinajstić information content (AvgIpc) is 2.69.